The Morgan fingerprint density at radius 2 is 1.71 bits per heavy atom. The number of fused-ring (bicyclic) bond motifs is 1. The van der Waals surface area contributed by atoms with E-state index in [2.05, 4.69) is 10.6 Å². The second kappa shape index (κ2) is 11.6. The van der Waals surface area contributed by atoms with Gasteiger partial charge in [0.1, 0.15) is 12.1 Å². The van der Waals surface area contributed by atoms with Crippen LogP contribution in [-0.2, 0) is 25.5 Å². The minimum atomic E-state index is -1.22. The smallest absolute Gasteiger partial charge is 0.273 e. The Labute approximate surface area is 206 Å². The molecule has 2 aromatic carbocycles. The van der Waals surface area contributed by atoms with Gasteiger partial charge < -0.3 is 15.4 Å². The molecule has 1 aliphatic rings. The maximum Gasteiger partial charge on any atom is 0.273 e. The molecule has 0 saturated heterocycles. The quantitative estimate of drug-likeness (QED) is 0.289. The van der Waals surface area contributed by atoms with Crippen LogP contribution in [0.2, 0.25) is 0 Å². The van der Waals surface area contributed by atoms with E-state index in [1.807, 2.05) is 70.2 Å². The Morgan fingerprint density at radius 3 is 2.31 bits per heavy atom. The molecule has 1 saturated carbocycles. The van der Waals surface area contributed by atoms with Gasteiger partial charge >= 0.3 is 0 Å². The normalized spacial score (nSPS) is 16.3. The third-order valence-electron chi connectivity index (χ3n) is 6.18. The highest BCUT2D eigenvalue weighted by Gasteiger charge is 2.40. The SMILES string of the molecule is CCCO[C@H](C(=O)NO)[C@@H](Cc1ccc2ccccc2c1)C(=O)N[C@H](C(=O)NC1CC1)C(C)(C)C. The van der Waals surface area contributed by atoms with Crippen LogP contribution < -0.4 is 16.1 Å². The number of carbonyl (C=O) groups is 3. The number of carbonyl (C=O) groups excluding carboxylic acids is 3. The van der Waals surface area contributed by atoms with E-state index >= 15 is 0 Å². The molecule has 190 valence electrons. The van der Waals surface area contributed by atoms with Crippen LogP contribution in [0.4, 0.5) is 0 Å². The summed E-state index contributed by atoms with van der Waals surface area (Å²) in [5.74, 6) is -2.48. The number of rotatable bonds is 11. The maximum absolute atomic E-state index is 13.7. The van der Waals surface area contributed by atoms with Crippen molar-refractivity contribution in [2.24, 2.45) is 11.3 Å². The second-order valence-corrected chi connectivity index (χ2v) is 10.4. The summed E-state index contributed by atoms with van der Waals surface area (Å²) in [6.07, 6.45) is 1.47. The van der Waals surface area contributed by atoms with Gasteiger partial charge in [0, 0.05) is 12.6 Å². The second-order valence-electron chi connectivity index (χ2n) is 10.4. The van der Waals surface area contributed by atoms with Gasteiger partial charge in [0.05, 0.1) is 5.92 Å². The molecule has 8 nitrogen and oxygen atoms in total. The minimum absolute atomic E-state index is 0.151. The number of hydrogen-bond acceptors (Lipinski definition) is 5. The van der Waals surface area contributed by atoms with E-state index in [1.165, 1.54) is 0 Å². The van der Waals surface area contributed by atoms with E-state index in [0.717, 1.165) is 29.2 Å². The zero-order valence-corrected chi connectivity index (χ0v) is 21.0. The molecule has 0 unspecified atom stereocenters. The predicted molar refractivity (Wildman–Crippen MR) is 134 cm³/mol. The zero-order chi connectivity index (χ0) is 25.6. The lowest BCUT2D eigenvalue weighted by molar-refractivity contribution is -0.151. The van der Waals surface area contributed by atoms with Crippen molar-refractivity contribution < 1.29 is 24.3 Å². The molecule has 3 rings (SSSR count). The Balaban J connectivity index is 1.91. The van der Waals surface area contributed by atoms with E-state index in [-0.39, 0.29) is 25.0 Å². The number of ether oxygens (including phenoxy) is 1. The lowest BCUT2D eigenvalue weighted by Crippen LogP contribution is -2.57. The number of nitrogens with one attached hydrogen (secondary N) is 3. The highest BCUT2D eigenvalue weighted by molar-refractivity contribution is 5.93. The zero-order valence-electron chi connectivity index (χ0n) is 21.0. The first-order chi connectivity index (χ1) is 16.6. The van der Waals surface area contributed by atoms with Crippen LogP contribution in [0.25, 0.3) is 10.8 Å². The number of amides is 3. The maximum atomic E-state index is 13.7. The summed E-state index contributed by atoms with van der Waals surface area (Å²) < 4.78 is 5.76. The van der Waals surface area contributed by atoms with E-state index in [0.29, 0.717) is 6.42 Å². The third-order valence-corrected chi connectivity index (χ3v) is 6.18. The first-order valence-electron chi connectivity index (χ1n) is 12.3. The molecule has 0 radical (unpaired) electrons. The van der Waals surface area contributed by atoms with Crippen molar-refractivity contribution in [1.29, 1.82) is 0 Å². The lowest BCUT2D eigenvalue weighted by atomic mass is 9.84. The summed E-state index contributed by atoms with van der Waals surface area (Å²) in [7, 11) is 0. The van der Waals surface area contributed by atoms with E-state index in [4.69, 9.17) is 4.74 Å². The van der Waals surface area contributed by atoms with Crippen molar-refractivity contribution in [3.05, 3.63) is 48.0 Å². The topological polar surface area (TPSA) is 117 Å². The number of hydroxylamine groups is 1. The van der Waals surface area contributed by atoms with Crippen LogP contribution >= 0.6 is 0 Å². The molecule has 0 aliphatic heterocycles. The van der Waals surface area contributed by atoms with Crippen molar-refractivity contribution in [3.8, 4) is 0 Å². The van der Waals surface area contributed by atoms with Gasteiger partial charge in [-0.1, -0.05) is 70.2 Å². The largest absolute Gasteiger partial charge is 0.367 e. The van der Waals surface area contributed by atoms with Gasteiger partial charge in [-0.15, -0.1) is 0 Å². The highest BCUT2D eigenvalue weighted by atomic mass is 16.5. The fourth-order valence-electron chi connectivity index (χ4n) is 4.08. The molecule has 1 fully saturated rings. The fraction of sp³-hybridized carbons (Fsp3) is 0.519. The average molecular weight is 484 g/mol. The van der Waals surface area contributed by atoms with Gasteiger partial charge in [0.2, 0.25) is 11.8 Å². The van der Waals surface area contributed by atoms with Gasteiger partial charge in [-0.05, 0) is 47.4 Å². The third kappa shape index (κ3) is 7.26. The summed E-state index contributed by atoms with van der Waals surface area (Å²) in [6, 6.07) is 13.1. The summed E-state index contributed by atoms with van der Waals surface area (Å²) in [4.78, 5) is 39.2. The van der Waals surface area contributed by atoms with Crippen molar-refractivity contribution in [1.82, 2.24) is 16.1 Å². The van der Waals surface area contributed by atoms with Crippen LogP contribution in [0.3, 0.4) is 0 Å². The predicted octanol–water partition coefficient (Wildman–Crippen LogP) is 3.11. The molecule has 0 spiro atoms. The van der Waals surface area contributed by atoms with Crippen molar-refractivity contribution >= 4 is 28.5 Å². The Kier molecular flexibility index (Phi) is 8.86. The molecule has 8 heteroatoms. The molecule has 0 aromatic heterocycles. The number of hydrogen-bond donors (Lipinski definition) is 4. The summed E-state index contributed by atoms with van der Waals surface area (Å²) in [5, 5.41) is 17.3. The van der Waals surface area contributed by atoms with Crippen LogP contribution in [0.5, 0.6) is 0 Å². The Morgan fingerprint density at radius 1 is 1.03 bits per heavy atom. The molecular weight excluding hydrogens is 446 g/mol. The molecule has 3 amide bonds. The van der Waals surface area contributed by atoms with Gasteiger partial charge in [-0.2, -0.15) is 0 Å². The average Bonchev–Trinajstić information content (AvgIpc) is 3.64. The minimum Gasteiger partial charge on any atom is -0.367 e. The van der Waals surface area contributed by atoms with Crippen molar-refractivity contribution in [3.63, 3.8) is 0 Å². The first-order valence-corrected chi connectivity index (χ1v) is 12.3. The summed E-state index contributed by atoms with van der Waals surface area (Å²) in [5.41, 5.74) is 1.93. The Bertz CT molecular complexity index is 1040. The first kappa shape index (κ1) is 26.6. The molecular formula is C27H37N3O5. The van der Waals surface area contributed by atoms with Crippen LogP contribution in [0, 0.1) is 11.3 Å². The van der Waals surface area contributed by atoms with Crippen LogP contribution in [0.15, 0.2) is 42.5 Å². The monoisotopic (exact) mass is 483 g/mol. The van der Waals surface area contributed by atoms with Gasteiger partial charge in [-0.3, -0.25) is 19.6 Å². The molecule has 4 N–H and O–H groups in total. The fourth-order valence-corrected chi connectivity index (χ4v) is 4.08. The molecule has 35 heavy (non-hydrogen) atoms. The van der Waals surface area contributed by atoms with E-state index < -0.39 is 35.3 Å². The Hall–Kier alpha value is -2.97. The molecule has 3 atom stereocenters. The standard InChI is InChI=1S/C27H37N3O5/c1-5-14-35-22(25(32)30-34)21(16-17-10-11-18-8-6-7-9-19(18)15-17)24(31)29-23(27(2,3)4)26(33)28-20-12-13-20/h6-11,15,20-23,34H,5,12-14,16H2,1-4H3,(H,28,33)(H,29,31)(H,30,32)/t21-,22+,23-/m1/s1. The van der Waals surface area contributed by atoms with Gasteiger partial charge in [0.25, 0.3) is 5.91 Å². The molecule has 2 aromatic rings. The van der Waals surface area contributed by atoms with Crippen molar-refractivity contribution in [2.45, 2.75) is 71.6 Å². The highest BCUT2D eigenvalue weighted by Crippen LogP contribution is 2.25. The van der Waals surface area contributed by atoms with Gasteiger partial charge in [0.15, 0.2) is 0 Å². The lowest BCUT2D eigenvalue weighted by Gasteiger charge is -2.33. The summed E-state index contributed by atoms with van der Waals surface area (Å²) >= 11 is 0. The van der Waals surface area contributed by atoms with Crippen LogP contribution in [0.1, 0.15) is 52.5 Å². The van der Waals surface area contributed by atoms with E-state index in [1.54, 1.807) is 5.48 Å². The summed E-state index contributed by atoms with van der Waals surface area (Å²) in [6.45, 7) is 7.78. The van der Waals surface area contributed by atoms with E-state index in [9.17, 15) is 19.6 Å². The van der Waals surface area contributed by atoms with Crippen molar-refractivity contribution in [2.75, 3.05) is 6.61 Å². The number of benzene rings is 2. The van der Waals surface area contributed by atoms with Crippen LogP contribution in [-0.4, -0.2) is 47.7 Å². The molecule has 0 heterocycles. The van der Waals surface area contributed by atoms with Gasteiger partial charge in [-0.25, -0.2) is 5.48 Å². The molecule has 1 aliphatic carbocycles. The molecule has 0 bridgehead atoms.